The molecule has 0 radical (unpaired) electrons. The van der Waals surface area contributed by atoms with Crippen molar-refractivity contribution in [1.82, 2.24) is 4.90 Å². The van der Waals surface area contributed by atoms with Gasteiger partial charge in [-0.3, -0.25) is 9.00 Å². The van der Waals surface area contributed by atoms with Gasteiger partial charge in [-0.1, -0.05) is 12.2 Å². The molecule has 1 heterocycles. The highest BCUT2D eigenvalue weighted by Gasteiger charge is 2.20. The molecule has 2 rings (SSSR count). The molecular weight excluding hydrogens is 296 g/mol. The topological polar surface area (TPSA) is 72.6 Å². The van der Waals surface area contributed by atoms with Crippen LogP contribution in [0.1, 0.15) is 5.56 Å². The van der Waals surface area contributed by atoms with Crippen LogP contribution in [-0.4, -0.2) is 51.2 Å². The SMILES string of the molecule is NC(=S)c1ccc(OCC(=O)N2CCS(=O)CC2)cc1. The summed E-state index contributed by atoms with van der Waals surface area (Å²) in [5.74, 6) is 1.61. The van der Waals surface area contributed by atoms with E-state index in [1.54, 1.807) is 29.2 Å². The molecule has 0 saturated carbocycles. The van der Waals surface area contributed by atoms with Crippen LogP contribution < -0.4 is 10.5 Å². The average Bonchev–Trinajstić information content (AvgIpc) is 2.46. The summed E-state index contributed by atoms with van der Waals surface area (Å²) in [7, 11) is -0.783. The highest BCUT2D eigenvalue weighted by Crippen LogP contribution is 2.12. The maximum atomic E-state index is 11.9. The van der Waals surface area contributed by atoms with Crippen molar-refractivity contribution in [2.24, 2.45) is 5.73 Å². The Bertz CT molecular complexity index is 521. The van der Waals surface area contributed by atoms with Gasteiger partial charge in [-0.05, 0) is 24.3 Å². The van der Waals surface area contributed by atoms with E-state index in [2.05, 4.69) is 0 Å². The zero-order valence-electron chi connectivity index (χ0n) is 10.9. The van der Waals surface area contributed by atoms with E-state index in [9.17, 15) is 9.00 Å². The first-order valence-corrected chi connectivity index (χ1v) is 8.11. The molecule has 1 aliphatic rings. The quantitative estimate of drug-likeness (QED) is 0.809. The van der Waals surface area contributed by atoms with E-state index in [-0.39, 0.29) is 12.5 Å². The lowest BCUT2D eigenvalue weighted by atomic mass is 10.2. The first-order valence-electron chi connectivity index (χ1n) is 6.21. The second-order valence-electron chi connectivity index (χ2n) is 4.41. The number of nitrogens with zero attached hydrogens (tertiary/aromatic N) is 1. The lowest BCUT2D eigenvalue weighted by Crippen LogP contribution is -2.43. The highest BCUT2D eigenvalue weighted by molar-refractivity contribution is 7.85. The Labute approximate surface area is 125 Å². The normalized spacial score (nSPS) is 15.9. The molecular formula is C13H16N2O3S2. The number of hydrogen-bond donors (Lipinski definition) is 1. The molecule has 0 bridgehead atoms. The maximum Gasteiger partial charge on any atom is 0.260 e. The Morgan fingerprint density at radius 1 is 1.30 bits per heavy atom. The molecule has 1 aromatic carbocycles. The third kappa shape index (κ3) is 4.01. The summed E-state index contributed by atoms with van der Waals surface area (Å²) in [6.07, 6.45) is 0. The van der Waals surface area contributed by atoms with E-state index in [1.807, 2.05) is 0 Å². The van der Waals surface area contributed by atoms with Crippen molar-refractivity contribution in [3.05, 3.63) is 29.8 Å². The van der Waals surface area contributed by atoms with Crippen LogP contribution in [0.15, 0.2) is 24.3 Å². The summed E-state index contributed by atoms with van der Waals surface area (Å²) < 4.78 is 16.7. The number of hydrogen-bond acceptors (Lipinski definition) is 4. The zero-order chi connectivity index (χ0) is 14.5. The summed E-state index contributed by atoms with van der Waals surface area (Å²) in [5, 5.41) is 0. The van der Waals surface area contributed by atoms with Crippen LogP contribution in [-0.2, 0) is 15.6 Å². The van der Waals surface area contributed by atoms with Gasteiger partial charge in [0.25, 0.3) is 5.91 Å². The van der Waals surface area contributed by atoms with Crippen LogP contribution in [0.2, 0.25) is 0 Å². The van der Waals surface area contributed by atoms with Gasteiger partial charge in [-0.2, -0.15) is 0 Å². The van der Waals surface area contributed by atoms with Gasteiger partial charge in [0.05, 0.1) is 0 Å². The van der Waals surface area contributed by atoms with Gasteiger partial charge in [0.15, 0.2) is 6.61 Å². The molecule has 1 fully saturated rings. The molecule has 1 saturated heterocycles. The Kier molecular flexibility index (Phi) is 5.08. The molecule has 0 aliphatic carbocycles. The van der Waals surface area contributed by atoms with Crippen molar-refractivity contribution in [3.63, 3.8) is 0 Å². The van der Waals surface area contributed by atoms with Gasteiger partial charge in [0.2, 0.25) is 0 Å². The van der Waals surface area contributed by atoms with Crippen molar-refractivity contribution in [3.8, 4) is 5.75 Å². The fourth-order valence-corrected chi connectivity index (χ4v) is 3.03. The summed E-state index contributed by atoms with van der Waals surface area (Å²) in [6.45, 7) is 1.06. The minimum absolute atomic E-state index is 0.0148. The van der Waals surface area contributed by atoms with Crippen LogP contribution in [0.25, 0.3) is 0 Å². The van der Waals surface area contributed by atoms with Crippen LogP contribution in [0.5, 0.6) is 5.75 Å². The zero-order valence-corrected chi connectivity index (χ0v) is 12.5. The Morgan fingerprint density at radius 3 is 2.45 bits per heavy atom. The molecule has 0 spiro atoms. The summed E-state index contributed by atoms with van der Waals surface area (Å²) >= 11 is 4.86. The van der Waals surface area contributed by atoms with Crippen LogP contribution in [0.3, 0.4) is 0 Å². The number of ether oxygens (including phenoxy) is 1. The molecule has 1 aliphatic heterocycles. The number of nitrogens with two attached hydrogens (primary N) is 1. The number of carbonyl (C=O) groups excluding carboxylic acids is 1. The molecule has 20 heavy (non-hydrogen) atoms. The standard InChI is InChI=1S/C13H16N2O3S2/c14-13(19)10-1-3-11(4-2-10)18-9-12(16)15-5-7-20(17)8-6-15/h1-4H,5-9H2,(H2,14,19). The maximum absolute atomic E-state index is 11.9. The highest BCUT2D eigenvalue weighted by atomic mass is 32.2. The van der Waals surface area contributed by atoms with Gasteiger partial charge < -0.3 is 15.4 Å². The molecule has 7 heteroatoms. The second kappa shape index (κ2) is 6.81. The molecule has 1 amide bonds. The fraction of sp³-hybridized carbons (Fsp3) is 0.385. The first-order chi connectivity index (χ1) is 9.56. The van der Waals surface area contributed by atoms with Gasteiger partial charge in [-0.25, -0.2) is 0 Å². The van der Waals surface area contributed by atoms with Gasteiger partial charge in [0.1, 0.15) is 10.7 Å². The summed E-state index contributed by atoms with van der Waals surface area (Å²) in [6, 6.07) is 6.97. The molecule has 2 N–H and O–H groups in total. The number of benzene rings is 1. The number of carbonyl (C=O) groups is 1. The van der Waals surface area contributed by atoms with E-state index in [1.165, 1.54) is 0 Å². The van der Waals surface area contributed by atoms with E-state index in [0.29, 0.717) is 35.3 Å². The monoisotopic (exact) mass is 312 g/mol. The summed E-state index contributed by atoms with van der Waals surface area (Å²) in [4.78, 5) is 13.9. The van der Waals surface area contributed by atoms with E-state index >= 15 is 0 Å². The molecule has 0 atom stereocenters. The van der Waals surface area contributed by atoms with Crippen LogP contribution >= 0.6 is 12.2 Å². The van der Waals surface area contributed by atoms with Crippen LogP contribution in [0, 0.1) is 0 Å². The van der Waals surface area contributed by atoms with E-state index < -0.39 is 10.8 Å². The number of thiocarbonyl (C=S) groups is 1. The molecule has 0 unspecified atom stereocenters. The smallest absolute Gasteiger partial charge is 0.260 e. The molecule has 0 aromatic heterocycles. The minimum atomic E-state index is -0.783. The van der Waals surface area contributed by atoms with Crippen molar-refractivity contribution in [2.45, 2.75) is 0 Å². The Hall–Kier alpha value is -1.47. The first kappa shape index (κ1) is 14.9. The van der Waals surface area contributed by atoms with Crippen molar-refractivity contribution < 1.29 is 13.7 Å². The van der Waals surface area contributed by atoms with Crippen LogP contribution in [0.4, 0.5) is 0 Å². The van der Waals surface area contributed by atoms with Gasteiger partial charge in [-0.15, -0.1) is 0 Å². The predicted molar refractivity (Wildman–Crippen MR) is 82.3 cm³/mol. The van der Waals surface area contributed by atoms with E-state index in [4.69, 9.17) is 22.7 Å². The Morgan fingerprint density at radius 2 is 1.90 bits per heavy atom. The van der Waals surface area contributed by atoms with Crippen molar-refractivity contribution >= 4 is 33.9 Å². The Balaban J connectivity index is 1.84. The van der Waals surface area contributed by atoms with E-state index in [0.717, 1.165) is 5.56 Å². The van der Waals surface area contributed by atoms with Gasteiger partial charge in [0, 0.05) is 41.0 Å². The number of amides is 1. The average molecular weight is 312 g/mol. The minimum Gasteiger partial charge on any atom is -0.484 e. The lowest BCUT2D eigenvalue weighted by Gasteiger charge is -2.26. The predicted octanol–water partition coefficient (Wildman–Crippen LogP) is 0.290. The third-order valence-corrected chi connectivity index (χ3v) is 4.54. The number of rotatable bonds is 4. The largest absolute Gasteiger partial charge is 0.484 e. The second-order valence-corrected chi connectivity index (χ2v) is 6.54. The van der Waals surface area contributed by atoms with Crippen molar-refractivity contribution in [1.29, 1.82) is 0 Å². The summed E-state index contributed by atoms with van der Waals surface area (Å²) in [5.41, 5.74) is 6.26. The van der Waals surface area contributed by atoms with Crippen molar-refractivity contribution in [2.75, 3.05) is 31.2 Å². The van der Waals surface area contributed by atoms with Gasteiger partial charge >= 0.3 is 0 Å². The molecule has 1 aromatic rings. The molecule has 5 nitrogen and oxygen atoms in total. The lowest BCUT2D eigenvalue weighted by molar-refractivity contribution is -0.133. The fourth-order valence-electron chi connectivity index (χ4n) is 1.84. The third-order valence-electron chi connectivity index (χ3n) is 3.03. The molecule has 108 valence electrons.